The molecule has 2 unspecified atom stereocenters. The zero-order valence-electron chi connectivity index (χ0n) is 43.3. The maximum atomic E-state index is 15.3. The molecule has 6 aromatic carbocycles. The SMILES string of the molecule is [N-]=[N+]=Nc1ccc(CO[C@@H]2[C@H](OCc3ccccc3)[C@H](O[C@H]3[C@H](OCc4ccccc4)[C@@H](NC(=O)OCC(Cl)(Cl)Cl)C(OC(=Nc4ccccc4)C(F)(F)F)O[C@@H]3COCc3ccccc3)O[C@@H]3COC(c4ccccc4)O[C@@H]23)cc1Cl. The first kappa shape index (κ1) is 60.5. The summed E-state index contributed by atoms with van der Waals surface area (Å²) in [6.45, 7) is -1.53. The molecule has 0 saturated carbocycles. The van der Waals surface area contributed by atoms with Gasteiger partial charge < -0.3 is 57.4 Å². The highest BCUT2D eigenvalue weighted by molar-refractivity contribution is 6.67. The molecule has 3 heterocycles. The second-order valence-corrected chi connectivity index (χ2v) is 21.8. The van der Waals surface area contributed by atoms with E-state index in [0.29, 0.717) is 16.7 Å². The van der Waals surface area contributed by atoms with E-state index in [1.54, 1.807) is 54.6 Å². The average Bonchev–Trinajstić information content (AvgIpc) is 3.60. The Balaban J connectivity index is 1.15. The van der Waals surface area contributed by atoms with Crippen molar-refractivity contribution >= 4 is 69.8 Å². The van der Waals surface area contributed by atoms with E-state index in [9.17, 15) is 4.79 Å². The van der Waals surface area contributed by atoms with Gasteiger partial charge in [-0.3, -0.25) is 0 Å². The number of nitrogens with one attached hydrogen (secondary N) is 1. The van der Waals surface area contributed by atoms with Crippen molar-refractivity contribution in [1.29, 1.82) is 0 Å². The first-order valence-electron chi connectivity index (χ1n) is 25.7. The summed E-state index contributed by atoms with van der Waals surface area (Å²) < 4.78 is 115. The van der Waals surface area contributed by atoms with Gasteiger partial charge in [-0.15, -0.1) is 0 Å². The quantitative estimate of drug-likeness (QED) is 0.0179. The number of hydrogen-bond acceptors (Lipinski definition) is 14. The van der Waals surface area contributed by atoms with Crippen molar-refractivity contribution in [3.8, 4) is 0 Å². The van der Waals surface area contributed by atoms with Crippen molar-refractivity contribution in [2.75, 3.05) is 19.8 Å². The summed E-state index contributed by atoms with van der Waals surface area (Å²) in [6.07, 6.45) is -19.5. The Morgan fingerprint density at radius 1 is 0.671 bits per heavy atom. The number of amides is 1. The molecule has 3 aliphatic rings. The predicted molar refractivity (Wildman–Crippen MR) is 296 cm³/mol. The van der Waals surface area contributed by atoms with E-state index < -0.39 is 96.2 Å². The maximum Gasteiger partial charge on any atom is 0.468 e. The molecule has 3 aliphatic heterocycles. The van der Waals surface area contributed by atoms with Gasteiger partial charge in [-0.25, -0.2) is 9.79 Å². The number of rotatable bonds is 21. The van der Waals surface area contributed by atoms with Crippen LogP contribution in [0.4, 0.5) is 29.3 Å². The summed E-state index contributed by atoms with van der Waals surface area (Å²) in [4.78, 5) is 20.7. The number of carbonyl (C=O) groups excluding carboxylic acids is 1. The molecular formula is C58H54Cl4F3N5O12. The highest BCUT2D eigenvalue weighted by atomic mass is 35.6. The fourth-order valence-corrected chi connectivity index (χ4v) is 9.59. The van der Waals surface area contributed by atoms with E-state index in [4.69, 9.17) is 104 Å². The molecule has 3 fully saturated rings. The standard InChI is InChI=1S/C58H54Cl4F3N5O12/c59-42-28-39(26-27-43(42)69-70-66)32-74-50-48-45(34-76-52(80-48)40-22-12-4-13-23-40)79-54(51(50)75-31-38-20-10-3-11-21-38)81-47-44(33-72-29-36-16-6-1-7-17-36)78-53(82-55(58(63,64)65)67-41-24-14-5-15-25-41)46(68-56(71)77-35-57(60,61)62)49(47)73-30-37-18-8-2-9-19-37/h1-28,44-54H,29-35H2,(H,68,71)/t44-,45-,46-,47-,48-,49-,50+,51+,52?,53?,54+/m1/s1. The molecule has 3 saturated heterocycles. The third-order valence-corrected chi connectivity index (χ3v) is 13.6. The molecule has 11 atom stereocenters. The Morgan fingerprint density at radius 2 is 1.24 bits per heavy atom. The summed E-state index contributed by atoms with van der Waals surface area (Å²) in [5.41, 5.74) is 12.6. The lowest BCUT2D eigenvalue weighted by atomic mass is 9.94. The van der Waals surface area contributed by atoms with Gasteiger partial charge >= 0.3 is 12.3 Å². The lowest BCUT2D eigenvalue weighted by Crippen LogP contribution is -2.69. The van der Waals surface area contributed by atoms with E-state index in [1.807, 2.05) is 91.0 Å². The lowest BCUT2D eigenvalue weighted by molar-refractivity contribution is -0.390. The maximum absolute atomic E-state index is 15.3. The molecule has 82 heavy (non-hydrogen) atoms. The average molecular weight is 1210 g/mol. The third kappa shape index (κ3) is 17.0. The van der Waals surface area contributed by atoms with Gasteiger partial charge in [0.15, 0.2) is 12.6 Å². The van der Waals surface area contributed by atoms with Crippen molar-refractivity contribution in [1.82, 2.24) is 5.32 Å². The Labute approximate surface area is 489 Å². The van der Waals surface area contributed by atoms with Crippen molar-refractivity contribution in [2.45, 2.75) is 104 Å². The van der Waals surface area contributed by atoms with Crippen LogP contribution in [-0.4, -0.2) is 103 Å². The number of para-hydroxylation sites is 1. The van der Waals surface area contributed by atoms with Crippen LogP contribution in [0, 0.1) is 0 Å². The van der Waals surface area contributed by atoms with Crippen LogP contribution in [0.1, 0.15) is 34.1 Å². The van der Waals surface area contributed by atoms with Crippen molar-refractivity contribution < 1.29 is 70.1 Å². The Kier molecular flexibility index (Phi) is 21.4. The molecule has 17 nitrogen and oxygen atoms in total. The number of hydrogen-bond donors (Lipinski definition) is 1. The molecular weight excluding hydrogens is 1160 g/mol. The van der Waals surface area contributed by atoms with E-state index in [-0.39, 0.29) is 56.0 Å². The van der Waals surface area contributed by atoms with Gasteiger partial charge in [0, 0.05) is 10.5 Å². The first-order chi connectivity index (χ1) is 39.7. The number of fused-ring (bicyclic) bond motifs is 1. The van der Waals surface area contributed by atoms with Crippen molar-refractivity contribution in [3.05, 3.63) is 213 Å². The number of aliphatic imine (C=N–C) groups is 1. The van der Waals surface area contributed by atoms with E-state index in [2.05, 4.69) is 20.3 Å². The number of halogens is 7. The summed E-state index contributed by atoms with van der Waals surface area (Å²) in [6, 6.07) is 46.9. The number of nitrogens with zero attached hydrogens (tertiary/aromatic N) is 4. The predicted octanol–water partition coefficient (Wildman–Crippen LogP) is 13.3. The van der Waals surface area contributed by atoms with Crippen LogP contribution >= 0.6 is 46.4 Å². The van der Waals surface area contributed by atoms with Crippen LogP contribution < -0.4 is 5.32 Å². The second kappa shape index (κ2) is 29.0. The number of carbonyl (C=O) groups is 1. The minimum absolute atomic E-state index is 0.0102. The smallest absolute Gasteiger partial charge is 0.445 e. The molecule has 24 heteroatoms. The van der Waals surface area contributed by atoms with Crippen LogP contribution in [0.15, 0.2) is 180 Å². The summed E-state index contributed by atoms with van der Waals surface area (Å²) >= 11 is 24.6. The minimum atomic E-state index is -5.22. The molecule has 0 aliphatic carbocycles. The molecule has 1 N–H and O–H groups in total. The Bertz CT molecular complexity index is 3050. The minimum Gasteiger partial charge on any atom is -0.445 e. The second-order valence-electron chi connectivity index (χ2n) is 18.9. The third-order valence-electron chi connectivity index (χ3n) is 13.0. The molecule has 0 bridgehead atoms. The summed E-state index contributed by atoms with van der Waals surface area (Å²) in [5.74, 6) is -1.73. The highest BCUT2D eigenvalue weighted by Gasteiger charge is 2.57. The highest BCUT2D eigenvalue weighted by Crippen LogP contribution is 2.41. The normalized spacial score (nSPS) is 24.8. The molecule has 0 aromatic heterocycles. The van der Waals surface area contributed by atoms with Crippen LogP contribution in [0.2, 0.25) is 5.02 Å². The fraction of sp³-hybridized carbons (Fsp3) is 0.345. The first-order valence-corrected chi connectivity index (χ1v) is 27.2. The van der Waals surface area contributed by atoms with Gasteiger partial charge in [-0.05, 0) is 46.0 Å². The zero-order chi connectivity index (χ0) is 57.5. The molecule has 9 rings (SSSR count). The van der Waals surface area contributed by atoms with Crippen LogP contribution in [0.3, 0.4) is 0 Å². The fourth-order valence-electron chi connectivity index (χ4n) is 9.18. The van der Waals surface area contributed by atoms with E-state index in [1.165, 1.54) is 24.3 Å². The van der Waals surface area contributed by atoms with Crippen molar-refractivity contribution in [2.24, 2.45) is 10.1 Å². The number of benzene rings is 6. The van der Waals surface area contributed by atoms with Gasteiger partial charge in [-0.1, -0.05) is 203 Å². The number of alkyl halides is 6. The summed E-state index contributed by atoms with van der Waals surface area (Å²) in [5, 5.41) is 6.41. The van der Waals surface area contributed by atoms with E-state index >= 15 is 13.2 Å². The number of azide groups is 1. The Morgan fingerprint density at radius 3 is 1.84 bits per heavy atom. The van der Waals surface area contributed by atoms with E-state index in [0.717, 1.165) is 11.1 Å². The van der Waals surface area contributed by atoms with Gasteiger partial charge in [-0.2, -0.15) is 13.2 Å². The van der Waals surface area contributed by atoms with Gasteiger partial charge in [0.1, 0.15) is 55.4 Å². The molecule has 6 aromatic rings. The van der Waals surface area contributed by atoms with Gasteiger partial charge in [0.2, 0.25) is 10.1 Å². The number of ether oxygens (including phenoxy) is 11. The van der Waals surface area contributed by atoms with Gasteiger partial charge in [0.25, 0.3) is 5.90 Å². The lowest BCUT2D eigenvalue weighted by Gasteiger charge is -2.51. The largest absolute Gasteiger partial charge is 0.468 e. The van der Waals surface area contributed by atoms with Crippen molar-refractivity contribution in [3.63, 3.8) is 0 Å². The monoisotopic (exact) mass is 1210 g/mol. The van der Waals surface area contributed by atoms with Crippen LogP contribution in [-0.2, 0) is 78.5 Å². The topological polar surface area (TPSA) is 192 Å². The van der Waals surface area contributed by atoms with Crippen LogP contribution in [0.5, 0.6) is 0 Å². The molecule has 432 valence electrons. The van der Waals surface area contributed by atoms with Gasteiger partial charge in [0.05, 0.1) is 56.0 Å². The molecule has 0 spiro atoms. The zero-order valence-corrected chi connectivity index (χ0v) is 46.3. The van der Waals surface area contributed by atoms with Crippen LogP contribution in [0.25, 0.3) is 10.4 Å². The number of alkyl carbamates (subject to hydrolysis) is 1. The molecule has 1 amide bonds. The molecule has 0 radical (unpaired) electrons. The summed E-state index contributed by atoms with van der Waals surface area (Å²) in [7, 11) is 0. The Hall–Kier alpha value is -6.04.